The van der Waals surface area contributed by atoms with E-state index in [1.165, 1.54) is 17.7 Å². The van der Waals surface area contributed by atoms with Crippen molar-refractivity contribution in [1.82, 2.24) is 30.1 Å². The van der Waals surface area contributed by atoms with Crippen LogP contribution in [0.4, 0.5) is 5.82 Å². The Kier molecular flexibility index (Phi) is 3.25. The Balaban J connectivity index is 1.65. The number of hydrogen-bond acceptors (Lipinski definition) is 5. The van der Waals surface area contributed by atoms with Gasteiger partial charge in [-0.05, 0) is 24.8 Å². The minimum Gasteiger partial charge on any atom is -0.354 e. The summed E-state index contributed by atoms with van der Waals surface area (Å²) in [5.41, 5.74) is 4.25. The number of nitrogens with zero attached hydrogens (tertiary/aromatic N) is 5. The van der Waals surface area contributed by atoms with Crippen LogP contribution < -0.4 is 4.90 Å². The van der Waals surface area contributed by atoms with Crippen molar-refractivity contribution in [3.05, 3.63) is 30.1 Å². The lowest BCUT2D eigenvalue weighted by atomic mass is 9.92. The molecule has 0 amide bonds. The fourth-order valence-electron chi connectivity index (χ4n) is 3.35. The third kappa shape index (κ3) is 2.13. The van der Waals surface area contributed by atoms with Crippen LogP contribution in [0.1, 0.15) is 36.9 Å². The molecule has 0 saturated carbocycles. The zero-order valence-electron chi connectivity index (χ0n) is 12.6. The molecule has 1 saturated heterocycles. The number of aromatic amines is 2. The van der Waals surface area contributed by atoms with Gasteiger partial charge in [0.05, 0.1) is 12.5 Å². The number of H-pyrrole nitrogens is 2. The van der Waals surface area contributed by atoms with E-state index in [0.29, 0.717) is 5.92 Å². The smallest absolute Gasteiger partial charge is 0.182 e. The minimum atomic E-state index is 0.471. The number of nitrogens with one attached hydrogen (secondary N) is 2. The number of piperidine rings is 1. The first kappa shape index (κ1) is 13.2. The van der Waals surface area contributed by atoms with Crippen LogP contribution in [0.5, 0.6) is 0 Å². The number of rotatable bonds is 3. The van der Waals surface area contributed by atoms with Crippen LogP contribution >= 0.6 is 0 Å². The normalized spacial score (nSPS) is 19.0. The molecule has 7 nitrogen and oxygen atoms in total. The van der Waals surface area contributed by atoms with E-state index >= 15 is 0 Å². The molecule has 3 aromatic heterocycles. The van der Waals surface area contributed by atoms with Crippen LogP contribution in [-0.2, 0) is 6.42 Å². The highest BCUT2D eigenvalue weighted by Crippen LogP contribution is 2.31. The Morgan fingerprint density at radius 3 is 3.18 bits per heavy atom. The number of anilines is 1. The van der Waals surface area contributed by atoms with E-state index in [1.807, 2.05) is 6.20 Å². The van der Waals surface area contributed by atoms with Crippen molar-refractivity contribution in [3.8, 4) is 0 Å². The van der Waals surface area contributed by atoms with Gasteiger partial charge in [-0.3, -0.25) is 5.10 Å². The van der Waals surface area contributed by atoms with Gasteiger partial charge in [0.15, 0.2) is 11.5 Å². The molecule has 2 N–H and O–H groups in total. The highest BCUT2D eigenvalue weighted by molar-refractivity contribution is 5.82. The molecule has 4 heterocycles. The predicted octanol–water partition coefficient (Wildman–Crippen LogP) is 2.02. The van der Waals surface area contributed by atoms with Gasteiger partial charge in [0.2, 0.25) is 0 Å². The molecule has 1 unspecified atom stereocenters. The highest BCUT2D eigenvalue weighted by atomic mass is 15.2. The van der Waals surface area contributed by atoms with Crippen LogP contribution in [-0.4, -0.2) is 43.2 Å². The van der Waals surface area contributed by atoms with E-state index in [2.05, 4.69) is 42.0 Å². The monoisotopic (exact) mass is 297 g/mol. The number of aryl methyl sites for hydroxylation is 1. The molecule has 1 fully saturated rings. The van der Waals surface area contributed by atoms with Crippen LogP contribution in [0.3, 0.4) is 0 Å². The Hall–Kier alpha value is -2.44. The van der Waals surface area contributed by atoms with E-state index in [4.69, 9.17) is 0 Å². The van der Waals surface area contributed by atoms with Crippen molar-refractivity contribution < 1.29 is 0 Å². The van der Waals surface area contributed by atoms with Gasteiger partial charge >= 0.3 is 0 Å². The van der Waals surface area contributed by atoms with E-state index in [1.54, 1.807) is 12.7 Å². The van der Waals surface area contributed by atoms with Crippen LogP contribution in [0.25, 0.3) is 11.2 Å². The van der Waals surface area contributed by atoms with Crippen LogP contribution in [0.15, 0.2) is 18.9 Å². The molecule has 0 bridgehead atoms. The Morgan fingerprint density at radius 1 is 1.32 bits per heavy atom. The summed E-state index contributed by atoms with van der Waals surface area (Å²) in [5.74, 6) is 1.42. The zero-order valence-corrected chi connectivity index (χ0v) is 12.6. The summed E-state index contributed by atoms with van der Waals surface area (Å²) in [6.07, 6.45) is 8.56. The summed E-state index contributed by atoms with van der Waals surface area (Å²) >= 11 is 0. The summed E-state index contributed by atoms with van der Waals surface area (Å²) < 4.78 is 0. The van der Waals surface area contributed by atoms with Crippen molar-refractivity contribution in [2.45, 2.75) is 32.1 Å². The van der Waals surface area contributed by atoms with E-state index < -0.39 is 0 Å². The molecule has 4 rings (SSSR count). The zero-order chi connectivity index (χ0) is 14.9. The van der Waals surface area contributed by atoms with Crippen molar-refractivity contribution in [1.29, 1.82) is 0 Å². The summed E-state index contributed by atoms with van der Waals surface area (Å²) in [6.45, 7) is 4.13. The Bertz CT molecular complexity index is 775. The fourth-order valence-corrected chi connectivity index (χ4v) is 3.35. The van der Waals surface area contributed by atoms with Gasteiger partial charge in [-0.15, -0.1) is 0 Å². The summed E-state index contributed by atoms with van der Waals surface area (Å²) in [6, 6.07) is 0. The molecule has 7 heteroatoms. The SMILES string of the molecule is CCc1cn[nH]c1C1CCCN(c2ncnc3nc[nH]c23)C1. The number of fused-ring (bicyclic) bond motifs is 1. The quantitative estimate of drug-likeness (QED) is 0.772. The van der Waals surface area contributed by atoms with Crippen LogP contribution in [0.2, 0.25) is 0 Å². The minimum absolute atomic E-state index is 0.471. The number of imidazole rings is 1. The van der Waals surface area contributed by atoms with Gasteiger partial charge in [0.1, 0.15) is 11.8 Å². The molecule has 114 valence electrons. The molecule has 0 aliphatic carbocycles. The number of hydrogen-bond donors (Lipinski definition) is 2. The molecule has 1 aliphatic rings. The summed E-state index contributed by atoms with van der Waals surface area (Å²) in [5, 5.41) is 7.42. The second kappa shape index (κ2) is 5.40. The van der Waals surface area contributed by atoms with E-state index in [9.17, 15) is 0 Å². The number of aromatic nitrogens is 6. The molecule has 0 spiro atoms. The largest absolute Gasteiger partial charge is 0.354 e. The standard InChI is InChI=1S/C15H19N7/c1-2-10-6-20-21-12(10)11-4-3-5-22(7-11)15-13-14(17-8-16-13)18-9-19-15/h6,8-9,11H,2-5,7H2,1H3,(H,20,21)(H,16,17,18,19). The second-order valence-electron chi connectivity index (χ2n) is 5.75. The average Bonchev–Trinajstić information content (AvgIpc) is 3.23. The third-order valence-corrected chi connectivity index (χ3v) is 4.46. The predicted molar refractivity (Wildman–Crippen MR) is 83.8 cm³/mol. The van der Waals surface area contributed by atoms with Gasteiger partial charge in [0.25, 0.3) is 0 Å². The van der Waals surface area contributed by atoms with Gasteiger partial charge in [-0.2, -0.15) is 5.10 Å². The molecule has 0 radical (unpaired) electrons. The van der Waals surface area contributed by atoms with Gasteiger partial charge in [-0.1, -0.05) is 6.92 Å². The van der Waals surface area contributed by atoms with E-state index in [-0.39, 0.29) is 0 Å². The maximum Gasteiger partial charge on any atom is 0.182 e. The molecule has 22 heavy (non-hydrogen) atoms. The summed E-state index contributed by atoms with van der Waals surface area (Å²) in [7, 11) is 0. The van der Waals surface area contributed by atoms with Gasteiger partial charge in [-0.25, -0.2) is 15.0 Å². The first-order valence-corrected chi connectivity index (χ1v) is 7.78. The van der Waals surface area contributed by atoms with Crippen molar-refractivity contribution >= 4 is 17.0 Å². The topological polar surface area (TPSA) is 86.4 Å². The van der Waals surface area contributed by atoms with Gasteiger partial charge < -0.3 is 9.88 Å². The van der Waals surface area contributed by atoms with E-state index in [0.717, 1.165) is 42.9 Å². The molecule has 1 atom stereocenters. The average molecular weight is 297 g/mol. The first-order chi connectivity index (χ1) is 10.9. The maximum atomic E-state index is 4.48. The van der Waals surface area contributed by atoms with Crippen LogP contribution in [0, 0.1) is 0 Å². The lowest BCUT2D eigenvalue weighted by molar-refractivity contribution is 0.496. The fraction of sp³-hybridized carbons (Fsp3) is 0.467. The highest BCUT2D eigenvalue weighted by Gasteiger charge is 2.26. The molecule has 0 aromatic carbocycles. The molecule has 1 aliphatic heterocycles. The first-order valence-electron chi connectivity index (χ1n) is 7.78. The van der Waals surface area contributed by atoms with Crippen molar-refractivity contribution in [2.24, 2.45) is 0 Å². The Morgan fingerprint density at radius 2 is 2.27 bits per heavy atom. The maximum absolute atomic E-state index is 4.48. The summed E-state index contributed by atoms with van der Waals surface area (Å²) in [4.78, 5) is 18.4. The molecular formula is C15H19N7. The molecule has 3 aromatic rings. The van der Waals surface area contributed by atoms with Gasteiger partial charge in [0, 0.05) is 24.7 Å². The third-order valence-electron chi connectivity index (χ3n) is 4.46. The lowest BCUT2D eigenvalue weighted by Gasteiger charge is -2.33. The second-order valence-corrected chi connectivity index (χ2v) is 5.75. The molecular weight excluding hydrogens is 278 g/mol. The Labute approximate surface area is 128 Å². The van der Waals surface area contributed by atoms with Crippen molar-refractivity contribution in [3.63, 3.8) is 0 Å². The lowest BCUT2D eigenvalue weighted by Crippen LogP contribution is -2.35. The van der Waals surface area contributed by atoms with Crippen molar-refractivity contribution in [2.75, 3.05) is 18.0 Å².